The van der Waals surface area contributed by atoms with E-state index in [4.69, 9.17) is 28.4 Å². The summed E-state index contributed by atoms with van der Waals surface area (Å²) in [5.41, 5.74) is 0. The van der Waals surface area contributed by atoms with Crippen LogP contribution in [0, 0.1) is 0 Å². The summed E-state index contributed by atoms with van der Waals surface area (Å²) in [7, 11) is 0. The number of hydrogen-bond acceptors (Lipinski definition) is 18. The van der Waals surface area contributed by atoms with Crippen LogP contribution < -0.4 is 5.32 Å². The van der Waals surface area contributed by atoms with Gasteiger partial charge in [-0.15, -0.1) is 0 Å². The third kappa shape index (κ3) is 35.3. The van der Waals surface area contributed by atoms with Gasteiger partial charge in [-0.25, -0.2) is 0 Å². The Bertz CT molecular complexity index is 2000. The number of aliphatic hydroxyl groups is 11. The van der Waals surface area contributed by atoms with Crippen LogP contribution >= 0.6 is 0 Å². The molecule has 1 amide bonds. The quantitative estimate of drug-likeness (QED) is 0.0199. The van der Waals surface area contributed by atoms with Crippen LogP contribution in [-0.2, 0) is 33.2 Å². The number of nitrogens with one attached hydrogen (secondary N) is 1. The van der Waals surface area contributed by atoms with Gasteiger partial charge in [0.25, 0.3) is 0 Å². The van der Waals surface area contributed by atoms with Gasteiger partial charge in [-0.1, -0.05) is 247 Å². The summed E-state index contributed by atoms with van der Waals surface area (Å²) in [6.07, 6.45) is 42.6. The highest BCUT2D eigenvalue weighted by atomic mass is 16.8. The lowest BCUT2D eigenvalue weighted by Crippen LogP contribution is -2.66. The first-order chi connectivity index (χ1) is 44.8. The van der Waals surface area contributed by atoms with Gasteiger partial charge in [0, 0.05) is 6.42 Å². The van der Waals surface area contributed by atoms with Crippen LogP contribution in [0.1, 0.15) is 239 Å². The molecule has 92 heavy (non-hydrogen) atoms. The van der Waals surface area contributed by atoms with Crippen LogP contribution in [0.2, 0.25) is 0 Å². The molecule has 0 aromatic rings. The number of amides is 1. The molecule has 0 aliphatic carbocycles. The molecule has 17 unspecified atom stereocenters. The highest BCUT2D eigenvalue weighted by molar-refractivity contribution is 5.76. The summed E-state index contributed by atoms with van der Waals surface area (Å²) in [6, 6.07) is -0.988. The Kier molecular flexibility index (Phi) is 48.9. The number of carbonyl (C=O) groups excluding carboxylic acids is 1. The van der Waals surface area contributed by atoms with Gasteiger partial charge < -0.3 is 89.9 Å². The van der Waals surface area contributed by atoms with Crippen molar-refractivity contribution in [1.29, 1.82) is 0 Å². The molecule has 3 aliphatic heterocycles. The number of rotatable bonds is 54. The van der Waals surface area contributed by atoms with Crippen LogP contribution in [0.15, 0.2) is 85.1 Å². The standard InChI is InChI=1S/C73H127NO18/c1-3-5-7-9-11-13-15-17-19-21-23-25-27-28-29-31-33-35-37-39-41-43-45-47-49-51-61(79)74-56(57(78)50-48-46-44-42-40-38-36-34-32-30-26-24-22-20-18-16-14-12-10-8-6-4-2)55-87-71-67(85)64(82)69(59(53-76)89-71)92-73-68(86)65(83)70(60(54-77)90-73)91-72-66(84)63(81)62(80)58(52-75)88-72/h5,7,11,13,17,19,23,25,28-29,33,35,48,50,56-60,62-73,75-78,80-86H,3-4,6,8-10,12,14-16,18,20-22,24,26-27,30-32,34,36-47,49,51-55H2,1-2H3,(H,74,79)/b7-5-,13-11-,19-17-,25-23-,29-28-,35-33-,50-48+. The van der Waals surface area contributed by atoms with Crippen molar-refractivity contribution in [3.05, 3.63) is 85.1 Å². The van der Waals surface area contributed by atoms with Gasteiger partial charge in [0.05, 0.1) is 38.6 Å². The maximum absolute atomic E-state index is 13.4. The van der Waals surface area contributed by atoms with E-state index in [9.17, 15) is 61.0 Å². The molecule has 19 nitrogen and oxygen atoms in total. The summed E-state index contributed by atoms with van der Waals surface area (Å²) in [6.45, 7) is 1.62. The van der Waals surface area contributed by atoms with Crippen molar-refractivity contribution >= 4 is 5.91 Å². The fourth-order valence-electron chi connectivity index (χ4n) is 11.7. The third-order valence-corrected chi connectivity index (χ3v) is 17.4. The molecular weight excluding hydrogens is 1180 g/mol. The molecule has 3 aliphatic rings. The van der Waals surface area contributed by atoms with Crippen LogP contribution in [0.4, 0.5) is 0 Å². The molecule has 0 aromatic carbocycles. The fraction of sp³-hybridized carbons (Fsp3) is 0.795. The molecule has 0 bridgehead atoms. The lowest BCUT2D eigenvalue weighted by atomic mass is 9.96. The highest BCUT2D eigenvalue weighted by Gasteiger charge is 2.53. The SMILES string of the molecule is CC/C=C\C/C=C\C/C=C\C/C=C\C/C=C\C/C=C\CCCCCCCCC(=O)NC(COC1OC(CO)C(OC2OC(CO)C(OC3OC(CO)C(O)C(O)C3O)C(O)C2O)C(O)C1O)C(O)/C=C/CCCCCCCCCCCCCCCCCCCCCC. The van der Waals surface area contributed by atoms with Gasteiger partial charge >= 0.3 is 0 Å². The van der Waals surface area contributed by atoms with Crippen molar-refractivity contribution in [3.8, 4) is 0 Å². The second-order valence-corrected chi connectivity index (χ2v) is 25.3. The molecular formula is C73H127NO18. The van der Waals surface area contributed by atoms with E-state index in [1.165, 1.54) is 109 Å². The van der Waals surface area contributed by atoms with Gasteiger partial charge in [-0.3, -0.25) is 4.79 Å². The summed E-state index contributed by atoms with van der Waals surface area (Å²) in [5.74, 6) is -0.292. The predicted octanol–water partition coefficient (Wildman–Crippen LogP) is 9.88. The zero-order valence-electron chi connectivity index (χ0n) is 56.3. The second-order valence-electron chi connectivity index (χ2n) is 25.3. The Labute approximate surface area is 552 Å². The molecule has 0 spiro atoms. The first-order valence-corrected chi connectivity index (χ1v) is 35.8. The highest BCUT2D eigenvalue weighted by Crippen LogP contribution is 2.33. The topological polar surface area (TPSA) is 307 Å². The van der Waals surface area contributed by atoms with E-state index in [1.54, 1.807) is 6.08 Å². The lowest BCUT2D eigenvalue weighted by molar-refractivity contribution is -0.379. The number of hydrogen-bond donors (Lipinski definition) is 12. The molecule has 3 saturated heterocycles. The number of aliphatic hydroxyl groups excluding tert-OH is 11. The number of ether oxygens (including phenoxy) is 6. The van der Waals surface area contributed by atoms with Crippen molar-refractivity contribution in [2.45, 2.75) is 343 Å². The van der Waals surface area contributed by atoms with Crippen molar-refractivity contribution in [1.82, 2.24) is 5.32 Å². The van der Waals surface area contributed by atoms with E-state index in [0.29, 0.717) is 6.42 Å². The minimum absolute atomic E-state index is 0.222. The minimum atomic E-state index is -1.98. The lowest BCUT2D eigenvalue weighted by Gasteiger charge is -2.48. The van der Waals surface area contributed by atoms with Crippen molar-refractivity contribution < 1.29 is 89.4 Å². The van der Waals surface area contributed by atoms with Crippen LogP contribution in [0.5, 0.6) is 0 Å². The van der Waals surface area contributed by atoms with Gasteiger partial charge in [0.2, 0.25) is 5.91 Å². The molecule has 3 fully saturated rings. The molecule has 532 valence electrons. The summed E-state index contributed by atoms with van der Waals surface area (Å²) in [5, 5.41) is 121. The monoisotopic (exact) mass is 1310 g/mol. The van der Waals surface area contributed by atoms with E-state index in [0.717, 1.165) is 103 Å². The average Bonchev–Trinajstić information content (AvgIpc) is 0.837. The smallest absolute Gasteiger partial charge is 0.220 e. The average molecular weight is 1310 g/mol. The van der Waals surface area contributed by atoms with E-state index >= 15 is 0 Å². The van der Waals surface area contributed by atoms with Crippen LogP contribution in [0.3, 0.4) is 0 Å². The zero-order valence-corrected chi connectivity index (χ0v) is 56.3. The Hall–Kier alpha value is -3.03. The van der Waals surface area contributed by atoms with Crippen molar-refractivity contribution in [3.63, 3.8) is 0 Å². The van der Waals surface area contributed by atoms with E-state index in [-0.39, 0.29) is 18.9 Å². The van der Waals surface area contributed by atoms with E-state index in [1.807, 2.05) is 6.08 Å². The summed E-state index contributed by atoms with van der Waals surface area (Å²) < 4.78 is 34.4. The fourth-order valence-corrected chi connectivity index (χ4v) is 11.7. The Morgan fingerprint density at radius 2 is 0.750 bits per heavy atom. The van der Waals surface area contributed by atoms with Crippen LogP contribution in [0.25, 0.3) is 0 Å². The molecule has 3 rings (SSSR count). The predicted molar refractivity (Wildman–Crippen MR) is 360 cm³/mol. The summed E-state index contributed by atoms with van der Waals surface area (Å²) >= 11 is 0. The van der Waals surface area contributed by atoms with E-state index in [2.05, 4.69) is 92.1 Å². The van der Waals surface area contributed by atoms with E-state index < -0.39 is 124 Å². The summed E-state index contributed by atoms with van der Waals surface area (Å²) in [4.78, 5) is 13.4. The maximum Gasteiger partial charge on any atom is 0.220 e. The first kappa shape index (κ1) is 83.2. The van der Waals surface area contributed by atoms with Gasteiger partial charge in [-0.05, 0) is 70.6 Å². The first-order valence-electron chi connectivity index (χ1n) is 35.8. The number of unbranched alkanes of at least 4 members (excludes halogenated alkanes) is 26. The third-order valence-electron chi connectivity index (χ3n) is 17.4. The van der Waals surface area contributed by atoms with Crippen molar-refractivity contribution in [2.75, 3.05) is 26.4 Å². The number of carbonyl (C=O) groups is 1. The van der Waals surface area contributed by atoms with Gasteiger partial charge in [0.15, 0.2) is 18.9 Å². The number of allylic oxidation sites excluding steroid dienone is 13. The van der Waals surface area contributed by atoms with Gasteiger partial charge in [0.1, 0.15) is 73.2 Å². The zero-order chi connectivity index (χ0) is 66.8. The Morgan fingerprint density at radius 3 is 1.17 bits per heavy atom. The second kappa shape index (κ2) is 54.0. The van der Waals surface area contributed by atoms with Crippen LogP contribution in [-0.4, -0.2) is 193 Å². The molecule has 19 heteroatoms. The molecule has 0 saturated carbocycles. The molecule has 3 heterocycles. The van der Waals surface area contributed by atoms with Gasteiger partial charge in [-0.2, -0.15) is 0 Å². The Balaban J connectivity index is 1.45. The normalized spacial score (nSPS) is 28.2. The molecule has 12 N–H and O–H groups in total. The maximum atomic E-state index is 13.4. The minimum Gasteiger partial charge on any atom is -0.394 e. The molecule has 0 radical (unpaired) electrons. The largest absolute Gasteiger partial charge is 0.394 e. The molecule has 17 atom stereocenters. The molecule has 0 aromatic heterocycles. The Morgan fingerprint density at radius 1 is 0.402 bits per heavy atom. The van der Waals surface area contributed by atoms with Crippen molar-refractivity contribution in [2.24, 2.45) is 0 Å².